The van der Waals surface area contributed by atoms with Crippen LogP contribution in [0.3, 0.4) is 0 Å². The fourth-order valence-corrected chi connectivity index (χ4v) is 2.51. The maximum Gasteiger partial charge on any atom is 0.246 e. The van der Waals surface area contributed by atoms with E-state index in [1.54, 1.807) is 26.4 Å². The van der Waals surface area contributed by atoms with Gasteiger partial charge in [0.25, 0.3) is 0 Å². The van der Waals surface area contributed by atoms with Gasteiger partial charge in [-0.2, -0.15) is 0 Å². The van der Waals surface area contributed by atoms with Crippen LogP contribution in [0.4, 0.5) is 0 Å². The van der Waals surface area contributed by atoms with Crippen molar-refractivity contribution < 1.29 is 14.3 Å². The molecule has 0 aliphatic carbocycles. The van der Waals surface area contributed by atoms with Crippen molar-refractivity contribution in [3.05, 3.63) is 29.8 Å². The number of hydrogen-bond acceptors (Lipinski definition) is 4. The van der Waals surface area contributed by atoms with Crippen LogP contribution in [0.1, 0.15) is 12.5 Å². The summed E-state index contributed by atoms with van der Waals surface area (Å²) in [7, 11) is 3.22. The standard InChI is InChI=1S/C17H24N2O3/c1-4-18-9-11-19(12-10-18)17(20)8-6-14-5-7-15(21-2)13-16(14)22-3/h5-8,13H,4,9-12H2,1-3H3/b8-6-. The maximum absolute atomic E-state index is 12.2. The van der Waals surface area contributed by atoms with Gasteiger partial charge in [0, 0.05) is 43.9 Å². The van der Waals surface area contributed by atoms with Crippen LogP contribution in [-0.2, 0) is 4.79 Å². The number of methoxy groups -OCH3 is 2. The van der Waals surface area contributed by atoms with Crippen molar-refractivity contribution in [3.63, 3.8) is 0 Å². The Bertz CT molecular complexity index is 535. The molecule has 0 aromatic heterocycles. The van der Waals surface area contributed by atoms with Crippen molar-refractivity contribution in [2.45, 2.75) is 6.92 Å². The molecule has 0 saturated carbocycles. The zero-order chi connectivity index (χ0) is 15.9. The first-order chi connectivity index (χ1) is 10.7. The van der Waals surface area contributed by atoms with E-state index in [2.05, 4.69) is 11.8 Å². The van der Waals surface area contributed by atoms with Crippen LogP contribution >= 0.6 is 0 Å². The van der Waals surface area contributed by atoms with E-state index in [1.165, 1.54) is 0 Å². The van der Waals surface area contributed by atoms with Crippen molar-refractivity contribution in [3.8, 4) is 11.5 Å². The van der Waals surface area contributed by atoms with E-state index >= 15 is 0 Å². The second-order valence-electron chi connectivity index (χ2n) is 5.20. The summed E-state index contributed by atoms with van der Waals surface area (Å²) in [6.07, 6.45) is 3.42. The van der Waals surface area contributed by atoms with Crippen molar-refractivity contribution in [2.24, 2.45) is 0 Å². The van der Waals surface area contributed by atoms with Crippen LogP contribution in [-0.4, -0.2) is 62.7 Å². The molecule has 22 heavy (non-hydrogen) atoms. The fraction of sp³-hybridized carbons (Fsp3) is 0.471. The molecule has 5 nitrogen and oxygen atoms in total. The van der Waals surface area contributed by atoms with Gasteiger partial charge in [0.05, 0.1) is 14.2 Å². The van der Waals surface area contributed by atoms with E-state index in [1.807, 2.05) is 23.1 Å². The van der Waals surface area contributed by atoms with E-state index in [0.29, 0.717) is 5.75 Å². The van der Waals surface area contributed by atoms with Gasteiger partial charge < -0.3 is 19.3 Å². The Morgan fingerprint density at radius 3 is 2.50 bits per heavy atom. The zero-order valence-corrected chi connectivity index (χ0v) is 13.5. The topological polar surface area (TPSA) is 42.0 Å². The van der Waals surface area contributed by atoms with Crippen LogP contribution in [0.25, 0.3) is 6.08 Å². The molecular weight excluding hydrogens is 280 g/mol. The van der Waals surface area contributed by atoms with E-state index in [9.17, 15) is 4.79 Å². The van der Waals surface area contributed by atoms with Crippen LogP contribution in [0.15, 0.2) is 24.3 Å². The summed E-state index contributed by atoms with van der Waals surface area (Å²) in [6, 6.07) is 5.55. The van der Waals surface area contributed by atoms with Crippen LogP contribution in [0, 0.1) is 0 Å². The van der Waals surface area contributed by atoms with Gasteiger partial charge in [-0.15, -0.1) is 0 Å². The van der Waals surface area contributed by atoms with Gasteiger partial charge in [-0.3, -0.25) is 4.79 Å². The summed E-state index contributed by atoms with van der Waals surface area (Å²) in [6.45, 7) is 6.66. The maximum atomic E-state index is 12.2. The number of carbonyl (C=O) groups is 1. The Kier molecular flexibility index (Phi) is 5.83. The van der Waals surface area contributed by atoms with E-state index in [0.717, 1.165) is 44.0 Å². The second kappa shape index (κ2) is 7.84. The molecule has 1 aliphatic heterocycles. The molecule has 0 bridgehead atoms. The molecule has 1 amide bonds. The minimum absolute atomic E-state index is 0.0497. The molecule has 1 saturated heterocycles. The first-order valence-electron chi connectivity index (χ1n) is 7.59. The zero-order valence-electron chi connectivity index (χ0n) is 13.5. The third kappa shape index (κ3) is 4.01. The molecule has 1 aromatic rings. The number of benzene rings is 1. The summed E-state index contributed by atoms with van der Waals surface area (Å²) in [5.41, 5.74) is 0.865. The molecule has 0 spiro atoms. The number of carbonyl (C=O) groups excluding carboxylic acids is 1. The van der Waals surface area contributed by atoms with Gasteiger partial charge in [0.15, 0.2) is 0 Å². The summed E-state index contributed by atoms with van der Waals surface area (Å²) in [4.78, 5) is 16.5. The Morgan fingerprint density at radius 2 is 1.91 bits per heavy atom. The van der Waals surface area contributed by atoms with Gasteiger partial charge in [0.1, 0.15) is 11.5 Å². The number of hydrogen-bond donors (Lipinski definition) is 0. The fourth-order valence-electron chi connectivity index (χ4n) is 2.51. The van der Waals surface area contributed by atoms with E-state index < -0.39 is 0 Å². The monoisotopic (exact) mass is 304 g/mol. The van der Waals surface area contributed by atoms with E-state index in [4.69, 9.17) is 9.47 Å². The highest BCUT2D eigenvalue weighted by Gasteiger charge is 2.18. The molecule has 1 aromatic carbocycles. The number of likely N-dealkylation sites (N-methyl/N-ethyl adjacent to an activating group) is 1. The van der Waals surface area contributed by atoms with Crippen LogP contribution in [0.2, 0.25) is 0 Å². The molecule has 0 atom stereocenters. The summed E-state index contributed by atoms with van der Waals surface area (Å²) in [5.74, 6) is 1.48. The van der Waals surface area contributed by atoms with Crippen molar-refractivity contribution in [1.29, 1.82) is 0 Å². The first-order valence-corrected chi connectivity index (χ1v) is 7.59. The lowest BCUT2D eigenvalue weighted by Gasteiger charge is -2.33. The van der Waals surface area contributed by atoms with Gasteiger partial charge in [-0.1, -0.05) is 6.92 Å². The molecule has 0 N–H and O–H groups in total. The van der Waals surface area contributed by atoms with Crippen LogP contribution < -0.4 is 9.47 Å². The smallest absolute Gasteiger partial charge is 0.246 e. The average Bonchev–Trinajstić information content (AvgIpc) is 2.59. The van der Waals surface area contributed by atoms with Gasteiger partial charge in [0.2, 0.25) is 5.91 Å². The largest absolute Gasteiger partial charge is 0.497 e. The molecule has 5 heteroatoms. The van der Waals surface area contributed by atoms with Gasteiger partial charge >= 0.3 is 0 Å². The highest BCUT2D eigenvalue weighted by Crippen LogP contribution is 2.25. The van der Waals surface area contributed by atoms with Gasteiger partial charge in [-0.05, 0) is 24.8 Å². The van der Waals surface area contributed by atoms with Crippen molar-refractivity contribution in [2.75, 3.05) is 46.9 Å². The molecule has 1 fully saturated rings. The van der Waals surface area contributed by atoms with Crippen molar-refractivity contribution >= 4 is 12.0 Å². The normalized spacial score (nSPS) is 16.0. The number of rotatable bonds is 5. The minimum atomic E-state index is 0.0497. The highest BCUT2D eigenvalue weighted by atomic mass is 16.5. The lowest BCUT2D eigenvalue weighted by molar-refractivity contribution is -0.127. The van der Waals surface area contributed by atoms with Gasteiger partial charge in [-0.25, -0.2) is 0 Å². The predicted octanol–water partition coefficient (Wildman–Crippen LogP) is 1.88. The Morgan fingerprint density at radius 1 is 1.18 bits per heavy atom. The SMILES string of the molecule is CCN1CCN(C(=O)/C=C\c2ccc(OC)cc2OC)CC1. The lowest BCUT2D eigenvalue weighted by Crippen LogP contribution is -2.48. The quantitative estimate of drug-likeness (QED) is 0.779. The molecule has 120 valence electrons. The number of ether oxygens (including phenoxy) is 2. The molecule has 0 unspecified atom stereocenters. The lowest BCUT2D eigenvalue weighted by atomic mass is 10.1. The third-order valence-electron chi connectivity index (χ3n) is 3.98. The van der Waals surface area contributed by atoms with Crippen molar-refractivity contribution in [1.82, 2.24) is 9.80 Å². The highest BCUT2D eigenvalue weighted by molar-refractivity contribution is 5.92. The Hall–Kier alpha value is -2.01. The number of amides is 1. The Balaban J connectivity index is 2.01. The Labute approximate surface area is 132 Å². The number of piperazine rings is 1. The molecule has 0 radical (unpaired) electrons. The van der Waals surface area contributed by atoms with Crippen LogP contribution in [0.5, 0.6) is 11.5 Å². The minimum Gasteiger partial charge on any atom is -0.497 e. The van der Waals surface area contributed by atoms with E-state index in [-0.39, 0.29) is 5.91 Å². The molecule has 1 aliphatic rings. The molecule has 2 rings (SSSR count). The average molecular weight is 304 g/mol. The third-order valence-corrected chi connectivity index (χ3v) is 3.98. The number of nitrogens with zero attached hydrogens (tertiary/aromatic N) is 2. The summed E-state index contributed by atoms with van der Waals surface area (Å²) >= 11 is 0. The summed E-state index contributed by atoms with van der Waals surface area (Å²) in [5, 5.41) is 0. The molecular formula is C17H24N2O3. The molecule has 1 heterocycles. The first kappa shape index (κ1) is 16.4. The summed E-state index contributed by atoms with van der Waals surface area (Å²) < 4.78 is 10.5. The predicted molar refractivity (Wildman–Crippen MR) is 87.3 cm³/mol. The second-order valence-corrected chi connectivity index (χ2v) is 5.20.